The first-order valence-electron chi connectivity index (χ1n) is 12.8. The molecule has 1 aliphatic carbocycles. The Kier molecular flexibility index (Phi) is 14.6. The van der Waals surface area contributed by atoms with Crippen LogP contribution in [-0.4, -0.2) is 59.6 Å². The van der Waals surface area contributed by atoms with Crippen LogP contribution in [0.2, 0.25) is 0 Å². The fraction of sp³-hybridized carbons (Fsp3) is 0.769. The van der Waals surface area contributed by atoms with Gasteiger partial charge in [0.05, 0.1) is 12.1 Å². The Balaban J connectivity index is 0.00000201. The summed E-state index contributed by atoms with van der Waals surface area (Å²) in [5.41, 5.74) is 5.69. The molecule has 1 saturated carbocycles. The summed E-state index contributed by atoms with van der Waals surface area (Å²) < 4.78 is 0. The lowest BCUT2D eigenvalue weighted by molar-refractivity contribution is -0.143. The number of amides is 3. The van der Waals surface area contributed by atoms with Crippen molar-refractivity contribution >= 4 is 23.5 Å². The molecule has 1 heterocycles. The van der Waals surface area contributed by atoms with Crippen molar-refractivity contribution in [1.29, 1.82) is 0 Å². The molecule has 3 atom stereocenters. The second kappa shape index (κ2) is 15.6. The van der Waals surface area contributed by atoms with Crippen LogP contribution in [0.5, 0.6) is 0 Å². The van der Waals surface area contributed by atoms with Crippen LogP contribution < -0.4 is 16.4 Å². The van der Waals surface area contributed by atoms with Gasteiger partial charge < -0.3 is 21.3 Å². The minimum Gasteiger partial charge on any atom is -0.346 e. The van der Waals surface area contributed by atoms with Gasteiger partial charge in [-0.3, -0.25) is 19.2 Å². The number of carbonyl (C=O) groups excluding carboxylic acids is 4. The van der Waals surface area contributed by atoms with Gasteiger partial charge in [-0.25, -0.2) is 0 Å². The monoisotopic (exact) mass is 480 g/mol. The van der Waals surface area contributed by atoms with Crippen molar-refractivity contribution in [3.8, 4) is 0 Å². The third-order valence-corrected chi connectivity index (χ3v) is 5.57. The van der Waals surface area contributed by atoms with Crippen molar-refractivity contribution in [3.63, 3.8) is 0 Å². The van der Waals surface area contributed by atoms with E-state index < -0.39 is 41.1 Å². The fourth-order valence-electron chi connectivity index (χ4n) is 3.45. The van der Waals surface area contributed by atoms with E-state index in [0.29, 0.717) is 31.7 Å². The van der Waals surface area contributed by atoms with E-state index in [1.54, 1.807) is 0 Å². The minimum absolute atomic E-state index is 0.185. The number of likely N-dealkylation sites (tertiary alicyclic amines) is 1. The molecule has 3 amide bonds. The lowest BCUT2D eigenvalue weighted by atomic mass is 9.86. The standard InChI is InChI=1S/C21H34N4O4.C3H8.C2H6/c1-5-10-23-19(28)16(26)14(12-13-8-9-13)24-18(27)15-7-6-11-25(15)20(29)17(22)21(2,3)4;1-3-2;1-2/h5,13-15,17H,1,6-12,22H2,2-4H3,(H,23,28)(H,24,27);3H2,1-2H3;1-2H3. The molecule has 196 valence electrons. The van der Waals surface area contributed by atoms with E-state index in [2.05, 4.69) is 31.1 Å². The van der Waals surface area contributed by atoms with Crippen LogP contribution >= 0.6 is 0 Å². The first-order valence-corrected chi connectivity index (χ1v) is 12.8. The molecule has 2 aliphatic rings. The SMILES string of the molecule is C=CCNC(=O)C(=O)C(CC1CC1)NC(=O)C1CCCN1C(=O)C(N)C(C)(C)C.CC.CCC. The molecule has 0 aromatic heterocycles. The smallest absolute Gasteiger partial charge is 0.289 e. The molecule has 4 N–H and O–H groups in total. The van der Waals surface area contributed by atoms with E-state index in [0.717, 1.165) is 12.8 Å². The maximum atomic E-state index is 12.9. The van der Waals surface area contributed by atoms with Crippen molar-refractivity contribution in [3.05, 3.63) is 12.7 Å². The molecule has 8 nitrogen and oxygen atoms in total. The van der Waals surface area contributed by atoms with Crippen LogP contribution in [0.25, 0.3) is 0 Å². The van der Waals surface area contributed by atoms with Gasteiger partial charge in [0.15, 0.2) is 0 Å². The third-order valence-electron chi connectivity index (χ3n) is 5.57. The van der Waals surface area contributed by atoms with Gasteiger partial charge in [0.25, 0.3) is 5.91 Å². The number of hydrogen-bond acceptors (Lipinski definition) is 5. The van der Waals surface area contributed by atoms with E-state index in [-0.39, 0.29) is 12.5 Å². The maximum Gasteiger partial charge on any atom is 0.289 e. The summed E-state index contributed by atoms with van der Waals surface area (Å²) in [6.07, 6.45) is 6.36. The normalized spacial score (nSPS) is 18.8. The van der Waals surface area contributed by atoms with E-state index in [1.165, 1.54) is 17.4 Å². The zero-order valence-electron chi connectivity index (χ0n) is 22.4. The number of nitrogens with one attached hydrogen (secondary N) is 2. The topological polar surface area (TPSA) is 122 Å². The molecule has 1 saturated heterocycles. The number of Topliss-reactive ketones (excluding diaryl/α,β-unsaturated/α-hetero) is 1. The average Bonchev–Trinajstić information content (AvgIpc) is 3.48. The van der Waals surface area contributed by atoms with Crippen LogP contribution in [-0.2, 0) is 19.2 Å². The van der Waals surface area contributed by atoms with Crippen molar-refractivity contribution in [2.45, 2.75) is 105 Å². The first kappa shape index (κ1) is 31.8. The van der Waals surface area contributed by atoms with Crippen molar-refractivity contribution in [2.75, 3.05) is 13.1 Å². The number of carbonyl (C=O) groups is 4. The highest BCUT2D eigenvalue weighted by Gasteiger charge is 2.41. The van der Waals surface area contributed by atoms with Gasteiger partial charge >= 0.3 is 0 Å². The molecule has 2 rings (SSSR count). The largest absolute Gasteiger partial charge is 0.346 e. The second-order valence-electron chi connectivity index (χ2n) is 9.84. The zero-order chi connectivity index (χ0) is 26.5. The summed E-state index contributed by atoms with van der Waals surface area (Å²) >= 11 is 0. The molecular weight excluding hydrogens is 432 g/mol. The number of ketones is 1. The van der Waals surface area contributed by atoms with E-state index in [1.807, 2.05) is 34.6 Å². The molecule has 2 fully saturated rings. The Labute approximate surface area is 206 Å². The Morgan fingerprint density at radius 3 is 2.15 bits per heavy atom. The summed E-state index contributed by atoms with van der Waals surface area (Å²) in [6.45, 7) is 18.0. The number of nitrogens with two attached hydrogens (primary N) is 1. The third kappa shape index (κ3) is 10.4. The maximum absolute atomic E-state index is 12.9. The van der Waals surface area contributed by atoms with Crippen LogP contribution in [0.3, 0.4) is 0 Å². The highest BCUT2D eigenvalue weighted by molar-refractivity contribution is 6.38. The predicted molar refractivity (Wildman–Crippen MR) is 137 cm³/mol. The van der Waals surface area contributed by atoms with Gasteiger partial charge in [-0.15, -0.1) is 6.58 Å². The first-order chi connectivity index (χ1) is 16.0. The van der Waals surface area contributed by atoms with E-state index >= 15 is 0 Å². The predicted octanol–water partition coefficient (Wildman–Crippen LogP) is 2.95. The van der Waals surface area contributed by atoms with Crippen molar-refractivity contribution in [1.82, 2.24) is 15.5 Å². The molecular formula is C26H48N4O4. The van der Waals surface area contributed by atoms with Gasteiger partial charge in [0.2, 0.25) is 17.6 Å². The molecule has 3 unspecified atom stereocenters. The lowest BCUT2D eigenvalue weighted by Gasteiger charge is -2.33. The van der Waals surface area contributed by atoms with Crippen LogP contribution in [0, 0.1) is 11.3 Å². The average molecular weight is 481 g/mol. The molecule has 0 bridgehead atoms. The summed E-state index contributed by atoms with van der Waals surface area (Å²) in [4.78, 5) is 51.9. The van der Waals surface area contributed by atoms with Gasteiger partial charge in [-0.05, 0) is 30.6 Å². The van der Waals surface area contributed by atoms with Gasteiger partial charge in [0, 0.05) is 13.1 Å². The second-order valence-corrected chi connectivity index (χ2v) is 9.84. The molecule has 0 radical (unpaired) electrons. The molecule has 34 heavy (non-hydrogen) atoms. The van der Waals surface area contributed by atoms with Crippen molar-refractivity contribution in [2.24, 2.45) is 17.1 Å². The van der Waals surface area contributed by atoms with Crippen LogP contribution in [0.4, 0.5) is 0 Å². The summed E-state index contributed by atoms with van der Waals surface area (Å²) in [6, 6.07) is -2.26. The highest BCUT2D eigenvalue weighted by Crippen LogP contribution is 2.34. The highest BCUT2D eigenvalue weighted by atomic mass is 16.2. The van der Waals surface area contributed by atoms with Crippen LogP contribution in [0.15, 0.2) is 12.7 Å². The fourth-order valence-corrected chi connectivity index (χ4v) is 3.45. The Morgan fingerprint density at radius 1 is 1.12 bits per heavy atom. The lowest BCUT2D eigenvalue weighted by Crippen LogP contribution is -2.57. The Morgan fingerprint density at radius 2 is 1.68 bits per heavy atom. The number of nitrogens with zero attached hydrogens (tertiary/aromatic N) is 1. The Hall–Kier alpha value is -2.22. The van der Waals surface area contributed by atoms with E-state index in [9.17, 15) is 19.2 Å². The molecule has 0 aromatic rings. The molecule has 1 aliphatic heterocycles. The van der Waals surface area contributed by atoms with Gasteiger partial charge in [-0.1, -0.05) is 73.8 Å². The molecule has 0 spiro atoms. The van der Waals surface area contributed by atoms with Gasteiger partial charge in [-0.2, -0.15) is 0 Å². The minimum atomic E-state index is -0.881. The van der Waals surface area contributed by atoms with E-state index in [4.69, 9.17) is 5.73 Å². The zero-order valence-corrected chi connectivity index (χ0v) is 22.4. The van der Waals surface area contributed by atoms with Crippen molar-refractivity contribution < 1.29 is 19.2 Å². The molecule has 8 heteroatoms. The van der Waals surface area contributed by atoms with Gasteiger partial charge in [0.1, 0.15) is 6.04 Å². The molecule has 0 aromatic carbocycles. The number of hydrogen-bond donors (Lipinski definition) is 3. The number of rotatable bonds is 9. The summed E-state index contributed by atoms with van der Waals surface area (Å²) in [7, 11) is 0. The Bertz CT molecular complexity index is 683. The quantitative estimate of drug-likeness (QED) is 0.346. The summed E-state index contributed by atoms with van der Waals surface area (Å²) in [5.74, 6) is -1.71. The summed E-state index contributed by atoms with van der Waals surface area (Å²) in [5, 5.41) is 5.21. The van der Waals surface area contributed by atoms with Crippen LogP contribution in [0.1, 0.15) is 87.0 Å².